The van der Waals surface area contributed by atoms with Crippen molar-refractivity contribution in [1.82, 2.24) is 9.97 Å². The maximum absolute atomic E-state index is 9.64. The first-order chi connectivity index (χ1) is 7.24. The third-order valence-corrected chi connectivity index (χ3v) is 2.45. The minimum absolute atomic E-state index is 0.134. The van der Waals surface area contributed by atoms with E-state index in [9.17, 15) is 4.79 Å². The van der Waals surface area contributed by atoms with Crippen LogP contribution in [0.25, 0.3) is 11.0 Å². The topological polar surface area (TPSA) is 42.9 Å². The van der Waals surface area contributed by atoms with E-state index in [1.807, 2.05) is 24.3 Å². The molecule has 0 unspecified atom stereocenters. The van der Waals surface area contributed by atoms with Crippen LogP contribution < -0.4 is 0 Å². The minimum Gasteiger partial charge on any atom is -0.275 e. The molecule has 0 bridgehead atoms. The summed E-state index contributed by atoms with van der Waals surface area (Å²) in [7, 11) is 0. The number of hydrogen-bond donors (Lipinski definition) is 1. The molecular weight excluding hydrogens is 228 g/mol. The van der Waals surface area contributed by atoms with Crippen molar-refractivity contribution in [3.8, 4) is 0 Å². The Hall–Kier alpha value is -1.07. The monoisotopic (exact) mass is 238 g/mol. The van der Waals surface area contributed by atoms with Crippen LogP contribution in [0.4, 0.5) is 4.79 Å². The van der Waals surface area contributed by atoms with Gasteiger partial charge in [0, 0.05) is 12.4 Å². The summed E-state index contributed by atoms with van der Waals surface area (Å²) < 4.78 is -0.134. The third kappa shape index (κ3) is 4.31. The zero-order chi connectivity index (χ0) is 11.1. The first-order valence-electron chi connectivity index (χ1n) is 4.16. The molecule has 0 spiro atoms. The SMILES string of the molecule is CSC(=O)S.c1ccc2nccnc2c1. The number of nitrogens with zero attached hydrogens (tertiary/aromatic N) is 2. The quantitative estimate of drug-likeness (QED) is 0.716. The van der Waals surface area contributed by atoms with Gasteiger partial charge in [0.1, 0.15) is 0 Å². The van der Waals surface area contributed by atoms with Crippen LogP contribution in [-0.2, 0) is 0 Å². The number of thiol groups is 1. The van der Waals surface area contributed by atoms with Crippen molar-refractivity contribution < 1.29 is 4.79 Å². The first kappa shape index (κ1) is 12.0. The summed E-state index contributed by atoms with van der Waals surface area (Å²) in [6.45, 7) is 0. The summed E-state index contributed by atoms with van der Waals surface area (Å²) >= 11 is 4.53. The van der Waals surface area contributed by atoms with Gasteiger partial charge in [-0.1, -0.05) is 36.5 Å². The van der Waals surface area contributed by atoms with Gasteiger partial charge in [-0.2, -0.15) is 0 Å². The van der Waals surface area contributed by atoms with Gasteiger partial charge < -0.3 is 0 Å². The highest BCUT2D eigenvalue weighted by Crippen LogP contribution is 2.04. The van der Waals surface area contributed by atoms with Crippen LogP contribution in [0.15, 0.2) is 36.7 Å². The average molecular weight is 238 g/mol. The largest absolute Gasteiger partial charge is 0.275 e. The molecule has 0 fully saturated rings. The molecule has 1 heterocycles. The Morgan fingerprint density at radius 1 is 1.20 bits per heavy atom. The molecule has 0 aliphatic carbocycles. The van der Waals surface area contributed by atoms with Crippen LogP contribution >= 0.6 is 24.4 Å². The molecule has 1 aromatic carbocycles. The van der Waals surface area contributed by atoms with Crippen molar-refractivity contribution in [2.75, 3.05) is 6.26 Å². The van der Waals surface area contributed by atoms with Gasteiger partial charge in [0.05, 0.1) is 11.0 Å². The molecule has 0 amide bonds. The number of carbonyl (C=O) groups is 1. The molecule has 1 aromatic heterocycles. The Morgan fingerprint density at radius 3 is 1.93 bits per heavy atom. The number of rotatable bonds is 0. The van der Waals surface area contributed by atoms with Crippen LogP contribution in [0.5, 0.6) is 0 Å². The number of fused-ring (bicyclic) bond motifs is 1. The highest BCUT2D eigenvalue weighted by Gasteiger charge is 1.88. The Bertz CT molecular complexity index is 383. The number of thioether (sulfide) groups is 1. The van der Waals surface area contributed by atoms with Gasteiger partial charge in [-0.15, -0.1) is 0 Å². The predicted octanol–water partition coefficient (Wildman–Crippen LogP) is 3.03. The number of benzene rings is 1. The van der Waals surface area contributed by atoms with E-state index in [0.717, 1.165) is 22.8 Å². The Balaban J connectivity index is 0.000000195. The smallest absolute Gasteiger partial charge is 0.242 e. The molecule has 2 aromatic rings. The molecule has 0 saturated heterocycles. The third-order valence-electron chi connectivity index (χ3n) is 1.55. The number of para-hydroxylation sites is 2. The number of hydrogen-bond acceptors (Lipinski definition) is 4. The molecule has 0 aliphatic rings. The summed E-state index contributed by atoms with van der Waals surface area (Å²) in [5.41, 5.74) is 1.90. The number of aromatic nitrogens is 2. The Kier molecular flexibility index (Phi) is 5.14. The fraction of sp³-hybridized carbons (Fsp3) is 0.100. The van der Waals surface area contributed by atoms with Crippen molar-refractivity contribution in [3.63, 3.8) is 0 Å². The normalized spacial score (nSPS) is 9.20. The first-order valence-corrected chi connectivity index (χ1v) is 5.84. The fourth-order valence-corrected chi connectivity index (χ4v) is 0.910. The molecule has 15 heavy (non-hydrogen) atoms. The van der Waals surface area contributed by atoms with E-state index in [1.54, 1.807) is 18.6 Å². The standard InChI is InChI=1S/C8H6N2.C2H4OS2/c1-2-4-8-7(3-1)9-5-6-10-8;1-5-2(3)4/h1-6H;1H3,(H,3,4). The van der Waals surface area contributed by atoms with Crippen LogP contribution in [0.1, 0.15) is 0 Å². The molecule has 0 atom stereocenters. The lowest BCUT2D eigenvalue weighted by Gasteiger charge is -1.90. The van der Waals surface area contributed by atoms with Gasteiger partial charge in [-0.25, -0.2) is 0 Å². The molecule has 0 N–H and O–H groups in total. The Labute approximate surface area is 97.7 Å². The van der Waals surface area contributed by atoms with Gasteiger partial charge in [-0.3, -0.25) is 14.8 Å². The van der Waals surface area contributed by atoms with Gasteiger partial charge in [-0.05, 0) is 18.4 Å². The second-order valence-corrected chi connectivity index (χ2v) is 4.00. The summed E-state index contributed by atoms with van der Waals surface area (Å²) in [5.74, 6) is 0. The zero-order valence-corrected chi connectivity index (χ0v) is 9.83. The highest BCUT2D eigenvalue weighted by atomic mass is 32.2. The van der Waals surface area contributed by atoms with E-state index in [-0.39, 0.29) is 4.45 Å². The second-order valence-electron chi connectivity index (χ2n) is 2.52. The summed E-state index contributed by atoms with van der Waals surface area (Å²) in [4.78, 5) is 17.9. The van der Waals surface area contributed by atoms with Crippen LogP contribution in [-0.4, -0.2) is 20.7 Å². The molecule has 0 radical (unpaired) electrons. The predicted molar refractivity (Wildman–Crippen MR) is 67.4 cm³/mol. The van der Waals surface area contributed by atoms with Crippen LogP contribution in [0.3, 0.4) is 0 Å². The molecule has 3 nitrogen and oxygen atoms in total. The van der Waals surface area contributed by atoms with E-state index in [0.29, 0.717) is 0 Å². The van der Waals surface area contributed by atoms with Crippen molar-refractivity contribution >= 4 is 39.9 Å². The van der Waals surface area contributed by atoms with E-state index >= 15 is 0 Å². The molecule has 78 valence electrons. The van der Waals surface area contributed by atoms with Crippen molar-refractivity contribution in [1.29, 1.82) is 0 Å². The van der Waals surface area contributed by atoms with Gasteiger partial charge in [0.2, 0.25) is 4.45 Å². The molecule has 5 heteroatoms. The van der Waals surface area contributed by atoms with E-state index < -0.39 is 0 Å². The molecule has 2 rings (SSSR count). The maximum Gasteiger partial charge on any atom is 0.242 e. The second kappa shape index (κ2) is 6.42. The fourth-order valence-electron chi connectivity index (χ4n) is 0.910. The summed E-state index contributed by atoms with van der Waals surface area (Å²) in [6, 6.07) is 7.80. The lowest BCUT2D eigenvalue weighted by molar-refractivity contribution is 0.277. The van der Waals surface area contributed by atoms with E-state index in [1.165, 1.54) is 0 Å². The van der Waals surface area contributed by atoms with Gasteiger partial charge in [0.15, 0.2) is 0 Å². The lowest BCUT2D eigenvalue weighted by Crippen LogP contribution is -1.78. The number of carbonyl (C=O) groups excluding carboxylic acids is 1. The van der Waals surface area contributed by atoms with E-state index in [4.69, 9.17) is 0 Å². The summed E-state index contributed by atoms with van der Waals surface area (Å²) in [6.07, 6.45) is 5.08. The van der Waals surface area contributed by atoms with Gasteiger partial charge in [0.25, 0.3) is 0 Å². The molecule has 0 aliphatic heterocycles. The van der Waals surface area contributed by atoms with Crippen molar-refractivity contribution in [3.05, 3.63) is 36.7 Å². The zero-order valence-electron chi connectivity index (χ0n) is 8.12. The molecule has 0 saturated carbocycles. The van der Waals surface area contributed by atoms with E-state index in [2.05, 4.69) is 22.6 Å². The minimum atomic E-state index is -0.134. The van der Waals surface area contributed by atoms with Crippen molar-refractivity contribution in [2.24, 2.45) is 0 Å². The lowest BCUT2D eigenvalue weighted by atomic mass is 10.3. The maximum atomic E-state index is 9.64. The van der Waals surface area contributed by atoms with Crippen LogP contribution in [0.2, 0.25) is 0 Å². The Morgan fingerprint density at radius 2 is 1.60 bits per heavy atom. The average Bonchev–Trinajstić information content (AvgIpc) is 2.30. The van der Waals surface area contributed by atoms with Gasteiger partial charge >= 0.3 is 0 Å². The highest BCUT2D eigenvalue weighted by molar-refractivity contribution is 8.31. The van der Waals surface area contributed by atoms with Crippen molar-refractivity contribution in [2.45, 2.75) is 0 Å². The molecular formula is C10H10N2OS2. The summed E-state index contributed by atoms with van der Waals surface area (Å²) in [5, 5.41) is 0. The van der Waals surface area contributed by atoms with Crippen LogP contribution in [0, 0.1) is 0 Å².